The fourth-order valence-corrected chi connectivity index (χ4v) is 10.5. The van der Waals surface area contributed by atoms with Crippen molar-refractivity contribution >= 4 is 143 Å². The monoisotopic (exact) mass is 872 g/mol. The van der Waals surface area contributed by atoms with Gasteiger partial charge in [0, 0.05) is 83.3 Å². The number of nitrogens with zero attached hydrogens (tertiary/aromatic N) is 2. The first-order chi connectivity index (χ1) is 33.6. The van der Waals surface area contributed by atoms with Gasteiger partial charge in [-0.2, -0.15) is 0 Å². The van der Waals surface area contributed by atoms with Crippen LogP contribution >= 0.6 is 0 Å². The summed E-state index contributed by atoms with van der Waals surface area (Å²) in [7, 11) is 0. The van der Waals surface area contributed by atoms with Gasteiger partial charge in [0.2, 0.25) is 0 Å². The van der Waals surface area contributed by atoms with Crippen molar-refractivity contribution in [1.29, 1.82) is 0 Å². The number of rotatable bonds is 6. The van der Waals surface area contributed by atoms with Crippen molar-refractivity contribution in [2.45, 2.75) is 0 Å². The normalized spacial score (nSPS) is 12.1. The molecule has 0 bridgehead atoms. The Kier molecular flexibility index (Phi) is 7.69. The maximum Gasteiger partial charge on any atom is 0.139 e. The van der Waals surface area contributed by atoms with Crippen molar-refractivity contribution in [3.63, 3.8) is 0 Å². The van der Waals surface area contributed by atoms with E-state index < -0.39 is 0 Å². The summed E-state index contributed by atoms with van der Waals surface area (Å²) in [6, 6.07) is 76.8. The molecule has 15 rings (SSSR count). The molecule has 4 heterocycles. The molecule has 0 aliphatic carbocycles. The predicted octanol–water partition coefficient (Wildman–Crippen LogP) is 18.5. The van der Waals surface area contributed by atoms with Gasteiger partial charge in [-0.05, 0) is 149 Å². The zero-order valence-corrected chi connectivity index (χ0v) is 36.3. The van der Waals surface area contributed by atoms with E-state index in [-0.39, 0.29) is 0 Å². The minimum absolute atomic E-state index is 0.793. The van der Waals surface area contributed by atoms with Crippen molar-refractivity contribution in [2.75, 3.05) is 9.80 Å². The van der Waals surface area contributed by atoms with E-state index in [2.05, 4.69) is 204 Å². The second kappa shape index (κ2) is 14.1. The number of furan rings is 4. The lowest BCUT2D eigenvalue weighted by Crippen LogP contribution is -2.09. The molecule has 0 aliphatic heterocycles. The second-order valence-corrected chi connectivity index (χ2v) is 17.7. The van der Waals surface area contributed by atoms with E-state index in [1.165, 1.54) is 0 Å². The van der Waals surface area contributed by atoms with Gasteiger partial charge in [0.05, 0.1) is 0 Å². The molecule has 6 nitrogen and oxygen atoms in total. The van der Waals surface area contributed by atoms with Gasteiger partial charge in [-0.1, -0.05) is 84.9 Å². The number of para-hydroxylation sites is 4. The van der Waals surface area contributed by atoms with Gasteiger partial charge in [0.25, 0.3) is 0 Å². The molecule has 6 heteroatoms. The SMILES string of the molecule is c1ccc(N(c2ccc3cc4c(cc3c2)oc2cc3oc5cc6cc(N(c7ccccc7)c7ccc8oc9ccccc9c8c7)ccc6cc5c3cc24)c2ccc3oc4ccccc4c3c2)cc1. The van der Waals surface area contributed by atoms with E-state index in [0.29, 0.717) is 0 Å². The van der Waals surface area contributed by atoms with Crippen LogP contribution in [0, 0.1) is 0 Å². The van der Waals surface area contributed by atoms with Crippen LogP contribution in [0.3, 0.4) is 0 Å². The van der Waals surface area contributed by atoms with Gasteiger partial charge in [-0.15, -0.1) is 0 Å². The van der Waals surface area contributed by atoms with Crippen LogP contribution in [0.5, 0.6) is 0 Å². The number of hydrogen-bond acceptors (Lipinski definition) is 6. The van der Waals surface area contributed by atoms with Crippen LogP contribution in [0.1, 0.15) is 0 Å². The quantitative estimate of drug-likeness (QED) is 0.166. The smallest absolute Gasteiger partial charge is 0.139 e. The highest BCUT2D eigenvalue weighted by atomic mass is 16.3. The van der Waals surface area contributed by atoms with Gasteiger partial charge < -0.3 is 27.5 Å². The number of anilines is 6. The minimum Gasteiger partial charge on any atom is -0.456 e. The van der Waals surface area contributed by atoms with Gasteiger partial charge in [0.15, 0.2) is 0 Å². The Labute approximate surface area is 387 Å². The Balaban J connectivity index is 0.820. The Morgan fingerprint density at radius 1 is 0.191 bits per heavy atom. The molecule has 0 fully saturated rings. The highest BCUT2D eigenvalue weighted by Gasteiger charge is 2.20. The standard InChI is InChI=1S/C62H36N2O4/c1-3-11-41(12-4-1)63(45-23-25-57-51(33-45)47-15-7-9-17-55(47)65-57)43-21-19-37-29-49-53-35-54-50-30-38-20-22-44(28-40(38)32-60(50)68-62(54)36-61(53)67-59(49)31-39(37)27-43)64(42-13-5-2-6-14-42)46-24-26-58-52(34-46)48-16-8-10-18-56(48)66-58/h1-36H. The van der Waals surface area contributed by atoms with E-state index in [9.17, 15) is 0 Å². The summed E-state index contributed by atoms with van der Waals surface area (Å²) in [5, 5.41) is 13.1. The average Bonchev–Trinajstić information content (AvgIpc) is 4.14. The molecule has 0 spiro atoms. The number of hydrogen-bond donors (Lipinski definition) is 0. The summed E-state index contributed by atoms with van der Waals surface area (Å²) < 4.78 is 25.7. The summed E-state index contributed by atoms with van der Waals surface area (Å²) in [5.74, 6) is 0. The Hall–Kier alpha value is -9.26. The van der Waals surface area contributed by atoms with Crippen molar-refractivity contribution in [3.05, 3.63) is 218 Å². The molecular formula is C62H36N2O4. The van der Waals surface area contributed by atoms with Crippen LogP contribution in [0.4, 0.5) is 34.1 Å². The largest absolute Gasteiger partial charge is 0.456 e. The molecule has 318 valence electrons. The summed E-state index contributed by atoms with van der Waals surface area (Å²) >= 11 is 0. The molecule has 0 radical (unpaired) electrons. The Morgan fingerprint density at radius 3 is 1.03 bits per heavy atom. The first kappa shape index (κ1) is 37.0. The third kappa shape index (κ3) is 5.64. The van der Waals surface area contributed by atoms with Gasteiger partial charge in [0.1, 0.15) is 44.7 Å². The van der Waals surface area contributed by atoms with E-state index in [1.807, 2.05) is 24.3 Å². The third-order valence-electron chi connectivity index (χ3n) is 13.7. The molecular weight excluding hydrogens is 837 g/mol. The molecule has 0 saturated heterocycles. The van der Waals surface area contributed by atoms with Crippen LogP contribution in [-0.2, 0) is 0 Å². The molecule has 11 aromatic carbocycles. The number of fused-ring (bicyclic) bond motifs is 14. The second-order valence-electron chi connectivity index (χ2n) is 17.7. The lowest BCUT2D eigenvalue weighted by molar-refractivity contribution is 0.656. The molecule has 0 saturated carbocycles. The molecule has 0 unspecified atom stereocenters. The predicted molar refractivity (Wildman–Crippen MR) is 280 cm³/mol. The summed E-state index contributed by atoms with van der Waals surface area (Å²) in [5.41, 5.74) is 13.1. The summed E-state index contributed by atoms with van der Waals surface area (Å²) in [6.45, 7) is 0. The van der Waals surface area contributed by atoms with Gasteiger partial charge >= 0.3 is 0 Å². The van der Waals surface area contributed by atoms with Crippen molar-refractivity contribution in [2.24, 2.45) is 0 Å². The average molecular weight is 873 g/mol. The third-order valence-corrected chi connectivity index (χ3v) is 13.7. The lowest BCUT2D eigenvalue weighted by atomic mass is 10.0. The highest BCUT2D eigenvalue weighted by Crippen LogP contribution is 2.44. The van der Waals surface area contributed by atoms with Crippen molar-refractivity contribution in [1.82, 2.24) is 0 Å². The lowest BCUT2D eigenvalue weighted by Gasteiger charge is -2.26. The molecule has 4 aromatic heterocycles. The topological polar surface area (TPSA) is 59.0 Å². The van der Waals surface area contributed by atoms with Crippen LogP contribution in [-0.4, -0.2) is 0 Å². The molecule has 15 aromatic rings. The van der Waals surface area contributed by atoms with Crippen LogP contribution in [0.25, 0.3) is 109 Å². The maximum absolute atomic E-state index is 6.67. The van der Waals surface area contributed by atoms with Gasteiger partial charge in [-0.3, -0.25) is 0 Å². The fraction of sp³-hybridized carbons (Fsp3) is 0. The zero-order valence-electron chi connectivity index (χ0n) is 36.3. The van der Waals surface area contributed by atoms with Crippen molar-refractivity contribution < 1.29 is 17.7 Å². The summed E-state index contributed by atoms with van der Waals surface area (Å²) in [6.07, 6.45) is 0. The molecule has 68 heavy (non-hydrogen) atoms. The Bertz CT molecular complexity index is 4230. The molecule has 0 amide bonds. The Morgan fingerprint density at radius 2 is 0.544 bits per heavy atom. The molecule has 0 atom stereocenters. The van der Waals surface area contributed by atoms with E-state index in [1.54, 1.807) is 0 Å². The first-order valence-electron chi connectivity index (χ1n) is 22.9. The molecule has 0 N–H and O–H groups in total. The van der Waals surface area contributed by atoms with Crippen molar-refractivity contribution in [3.8, 4) is 0 Å². The zero-order chi connectivity index (χ0) is 44.5. The number of benzene rings is 11. The van der Waals surface area contributed by atoms with E-state index >= 15 is 0 Å². The summed E-state index contributed by atoms with van der Waals surface area (Å²) in [4.78, 5) is 4.60. The van der Waals surface area contributed by atoms with Gasteiger partial charge in [-0.25, -0.2) is 0 Å². The highest BCUT2D eigenvalue weighted by molar-refractivity contribution is 6.19. The van der Waals surface area contributed by atoms with E-state index in [0.717, 1.165) is 143 Å². The fourth-order valence-electron chi connectivity index (χ4n) is 10.5. The maximum atomic E-state index is 6.67. The van der Waals surface area contributed by atoms with Crippen LogP contribution in [0.15, 0.2) is 236 Å². The minimum atomic E-state index is 0.793. The van der Waals surface area contributed by atoms with Crippen LogP contribution < -0.4 is 9.80 Å². The van der Waals surface area contributed by atoms with E-state index in [4.69, 9.17) is 17.7 Å². The first-order valence-corrected chi connectivity index (χ1v) is 22.9. The molecule has 0 aliphatic rings. The van der Waals surface area contributed by atoms with Crippen LogP contribution in [0.2, 0.25) is 0 Å².